The second-order valence-electron chi connectivity index (χ2n) is 9.45. The number of hydrogen-bond acceptors (Lipinski definition) is 9. The monoisotopic (exact) mass is 540 g/mol. The largest absolute Gasteiger partial charge is 0.477 e. The summed E-state index contributed by atoms with van der Waals surface area (Å²) in [5.41, 5.74) is 5.83. The molecule has 0 saturated carbocycles. The van der Waals surface area contributed by atoms with Crippen LogP contribution in [0, 0.1) is 0 Å². The highest BCUT2D eigenvalue weighted by molar-refractivity contribution is 8.00. The summed E-state index contributed by atoms with van der Waals surface area (Å²) in [6.07, 6.45) is -0.137. The van der Waals surface area contributed by atoms with Crippen molar-refractivity contribution < 1.29 is 37.4 Å². The van der Waals surface area contributed by atoms with Gasteiger partial charge in [-0.3, -0.25) is 19.2 Å². The number of aliphatic carboxylic acids is 1. The summed E-state index contributed by atoms with van der Waals surface area (Å²) in [5.74, 6) is -2.70. The van der Waals surface area contributed by atoms with Gasteiger partial charge in [0, 0.05) is 11.4 Å². The number of carboxylic acids is 1. The zero-order valence-corrected chi connectivity index (χ0v) is 22.0. The Morgan fingerprint density at radius 2 is 1.94 bits per heavy atom. The first kappa shape index (κ1) is 27.5. The lowest BCUT2D eigenvalue weighted by atomic mass is 9.99. The number of nitrogens with two attached hydrogens (primary N) is 1. The molecular weight excluding hydrogens is 512 g/mol. The molecule has 0 aliphatic carbocycles. The molecule has 4 N–H and O–H groups in total. The maximum atomic E-state index is 13.6. The van der Waals surface area contributed by atoms with Gasteiger partial charge in [-0.1, -0.05) is 12.1 Å². The number of benzene rings is 1. The number of fused-ring (bicyclic) bond motifs is 1. The molecule has 0 radical (unpaired) electrons. The van der Waals surface area contributed by atoms with Crippen molar-refractivity contribution in [2.75, 3.05) is 16.7 Å². The number of carboxylic acid groups (broad SMARTS) is 1. The van der Waals surface area contributed by atoms with Crippen LogP contribution in [-0.2, 0) is 29.1 Å². The highest BCUT2D eigenvalue weighted by Crippen LogP contribution is 2.43. The molecule has 2 heterocycles. The number of amides is 3. The molecule has 1 aromatic rings. The minimum Gasteiger partial charge on any atom is -0.477 e. The van der Waals surface area contributed by atoms with Crippen molar-refractivity contribution in [1.82, 2.24) is 9.80 Å². The van der Waals surface area contributed by atoms with E-state index in [1.807, 2.05) is 0 Å². The lowest BCUT2D eigenvalue weighted by Crippen LogP contribution is -2.72. The van der Waals surface area contributed by atoms with Crippen LogP contribution >= 0.6 is 11.8 Å². The summed E-state index contributed by atoms with van der Waals surface area (Å²) in [7, 11) is -3.60. The van der Waals surface area contributed by atoms with Crippen molar-refractivity contribution in [3.8, 4) is 0 Å². The second kappa shape index (κ2) is 9.75. The van der Waals surface area contributed by atoms with Crippen LogP contribution in [0.3, 0.4) is 0 Å². The molecule has 2 aliphatic rings. The van der Waals surface area contributed by atoms with Crippen molar-refractivity contribution in [3.05, 3.63) is 41.1 Å². The van der Waals surface area contributed by atoms with E-state index in [2.05, 4.69) is 4.72 Å². The number of anilines is 1. The van der Waals surface area contributed by atoms with Crippen LogP contribution < -0.4 is 10.5 Å². The number of hydrogen-bond donors (Lipinski definition) is 3. The van der Waals surface area contributed by atoms with Gasteiger partial charge in [-0.2, -0.15) is 0 Å². The molecular formula is C22H28N4O8S2. The molecule has 1 unspecified atom stereocenters. The number of nitrogens with one attached hydrogen (secondary N) is 1. The predicted molar refractivity (Wildman–Crippen MR) is 132 cm³/mol. The molecule has 2 aliphatic heterocycles. The molecule has 196 valence electrons. The zero-order chi connectivity index (χ0) is 27.2. The molecule has 3 amide bonds. The third-order valence-corrected chi connectivity index (χ3v) is 7.27. The van der Waals surface area contributed by atoms with Crippen LogP contribution in [0.5, 0.6) is 0 Å². The van der Waals surface area contributed by atoms with Crippen LogP contribution in [0.1, 0.15) is 39.3 Å². The number of sulfonamides is 1. The van der Waals surface area contributed by atoms with Crippen molar-refractivity contribution in [1.29, 1.82) is 0 Å². The number of nitrogens with zero attached hydrogens (tertiary/aromatic N) is 2. The van der Waals surface area contributed by atoms with Gasteiger partial charge in [0.15, 0.2) is 6.04 Å². The first-order valence-electron chi connectivity index (χ1n) is 10.8. The number of thioether (sulfide) groups is 1. The third kappa shape index (κ3) is 5.65. The van der Waals surface area contributed by atoms with Crippen LogP contribution in [0.25, 0.3) is 0 Å². The van der Waals surface area contributed by atoms with Gasteiger partial charge in [0.25, 0.3) is 11.8 Å². The normalized spacial score (nSPS) is 20.7. The lowest BCUT2D eigenvalue weighted by molar-refractivity contribution is -0.159. The summed E-state index contributed by atoms with van der Waals surface area (Å²) in [4.78, 5) is 53.3. The number of carbonyl (C=O) groups excluding carboxylic acids is 3. The average molecular weight is 541 g/mol. The van der Waals surface area contributed by atoms with Crippen molar-refractivity contribution in [3.63, 3.8) is 0 Å². The molecule has 1 saturated heterocycles. The highest BCUT2D eigenvalue weighted by Gasteiger charge is 2.59. The van der Waals surface area contributed by atoms with E-state index >= 15 is 0 Å². The molecule has 3 atom stereocenters. The van der Waals surface area contributed by atoms with Crippen LogP contribution in [0.2, 0.25) is 0 Å². The molecule has 12 nitrogen and oxygen atoms in total. The predicted octanol–water partition coefficient (Wildman–Crippen LogP) is 1.46. The van der Waals surface area contributed by atoms with E-state index in [-0.39, 0.29) is 22.7 Å². The minimum atomic E-state index is -3.60. The smallest absolute Gasteiger partial charge is 0.417 e. The van der Waals surface area contributed by atoms with Crippen LogP contribution in [0.15, 0.2) is 35.5 Å². The SMILES string of the molecule is CC1=C(C(=O)O)N2C(=O)C(N(C(=O)OC(C)(C)C)C(=O)[C@H](N)c3cccc(NS(C)(=O)=O)c3)[C@H]2SC1. The van der Waals surface area contributed by atoms with Gasteiger partial charge in [-0.05, 0) is 51.0 Å². The van der Waals surface area contributed by atoms with Gasteiger partial charge in [0.05, 0.1) is 6.26 Å². The Bertz CT molecular complexity index is 1250. The molecule has 0 spiro atoms. The molecule has 3 rings (SSSR count). The molecule has 1 fully saturated rings. The van der Waals surface area contributed by atoms with Crippen LogP contribution in [-0.4, -0.2) is 76.2 Å². The maximum Gasteiger partial charge on any atom is 0.417 e. The lowest BCUT2D eigenvalue weighted by Gasteiger charge is -2.52. The summed E-state index contributed by atoms with van der Waals surface area (Å²) in [6.45, 7) is 6.36. The standard InChI is InChI=1S/C22H28N4O8S2/c1-11-10-35-19-16(18(28)25(19)15(11)20(29)30)26(21(31)34-22(2,3)4)17(27)14(23)12-7-6-8-13(9-12)24-36(5,32)33/h6-9,14,16,19,24H,10,23H2,1-5H3,(H,29,30)/t14-,16?,19-/m1/s1. The summed E-state index contributed by atoms with van der Waals surface area (Å²) in [5, 5.41) is 8.76. The second-order valence-corrected chi connectivity index (χ2v) is 12.3. The van der Waals surface area contributed by atoms with Crippen molar-refractivity contribution >= 4 is 51.3 Å². The first-order valence-corrected chi connectivity index (χ1v) is 13.7. The van der Waals surface area contributed by atoms with E-state index in [1.165, 1.54) is 36.0 Å². The van der Waals surface area contributed by atoms with E-state index in [0.29, 0.717) is 10.5 Å². The quantitative estimate of drug-likeness (QED) is 0.448. The fourth-order valence-electron chi connectivity index (χ4n) is 3.81. The zero-order valence-electron chi connectivity index (χ0n) is 20.3. The molecule has 0 aromatic heterocycles. The number of β-lactam (4-membered cyclic amide) rings is 1. The van der Waals surface area contributed by atoms with Gasteiger partial charge >= 0.3 is 12.1 Å². The van der Waals surface area contributed by atoms with E-state index in [9.17, 15) is 32.7 Å². The highest BCUT2D eigenvalue weighted by atomic mass is 32.2. The molecule has 14 heteroatoms. The van der Waals surface area contributed by atoms with Gasteiger partial charge in [0.2, 0.25) is 10.0 Å². The topological polar surface area (TPSA) is 176 Å². The molecule has 1 aromatic carbocycles. The number of carbonyl (C=O) groups is 4. The first-order chi connectivity index (χ1) is 16.5. The van der Waals surface area contributed by atoms with Crippen LogP contribution in [0.4, 0.5) is 10.5 Å². The summed E-state index contributed by atoms with van der Waals surface area (Å²) < 4.78 is 30.8. The Labute approximate surface area is 212 Å². The Morgan fingerprint density at radius 3 is 2.50 bits per heavy atom. The maximum absolute atomic E-state index is 13.6. The van der Waals surface area contributed by atoms with E-state index < -0.39 is 57.0 Å². The Morgan fingerprint density at radius 1 is 1.31 bits per heavy atom. The number of ether oxygens (including phenoxy) is 1. The van der Waals surface area contributed by atoms with Crippen molar-refractivity contribution in [2.24, 2.45) is 5.73 Å². The molecule has 0 bridgehead atoms. The summed E-state index contributed by atoms with van der Waals surface area (Å²) in [6, 6.07) is 2.97. The van der Waals surface area contributed by atoms with E-state index in [1.54, 1.807) is 27.7 Å². The Kier molecular flexibility index (Phi) is 7.44. The fraction of sp³-hybridized carbons (Fsp3) is 0.455. The fourth-order valence-corrected chi connectivity index (χ4v) is 5.71. The van der Waals surface area contributed by atoms with Gasteiger partial charge in [0.1, 0.15) is 22.7 Å². The Balaban J connectivity index is 1.97. The average Bonchev–Trinajstić information content (AvgIpc) is 2.73. The third-order valence-electron chi connectivity index (χ3n) is 5.25. The van der Waals surface area contributed by atoms with E-state index in [4.69, 9.17) is 10.5 Å². The molecule has 36 heavy (non-hydrogen) atoms. The van der Waals surface area contributed by atoms with Gasteiger partial charge < -0.3 is 15.6 Å². The van der Waals surface area contributed by atoms with Gasteiger partial charge in [-0.25, -0.2) is 22.9 Å². The van der Waals surface area contributed by atoms with Gasteiger partial charge in [-0.15, -0.1) is 11.8 Å². The number of imide groups is 1. The Hall–Kier alpha value is -3.10. The van der Waals surface area contributed by atoms with E-state index in [0.717, 1.165) is 11.2 Å². The van der Waals surface area contributed by atoms with Crippen molar-refractivity contribution in [2.45, 2.75) is 50.8 Å². The minimum absolute atomic E-state index is 0.155. The summed E-state index contributed by atoms with van der Waals surface area (Å²) >= 11 is 1.22. The number of rotatable bonds is 6.